The first kappa shape index (κ1) is 34.8. The van der Waals surface area contributed by atoms with E-state index in [2.05, 4.69) is 5.32 Å². The number of nitrogens with zero attached hydrogens (tertiary/aromatic N) is 2. The van der Waals surface area contributed by atoms with Crippen LogP contribution in [-0.4, -0.2) is 44.3 Å². The number of rotatable bonds is 13. The van der Waals surface area contributed by atoms with Gasteiger partial charge in [0.2, 0.25) is 11.8 Å². The highest BCUT2D eigenvalue weighted by atomic mass is 35.5. The first-order valence-corrected chi connectivity index (χ1v) is 17.0. The van der Waals surface area contributed by atoms with Crippen molar-refractivity contribution >= 4 is 50.7 Å². The topological polar surface area (TPSA) is 96.0 Å². The van der Waals surface area contributed by atoms with E-state index in [0.29, 0.717) is 33.7 Å². The summed E-state index contributed by atoms with van der Waals surface area (Å²) in [6.45, 7) is 7.17. The van der Waals surface area contributed by atoms with Gasteiger partial charge in [-0.3, -0.25) is 13.9 Å². The summed E-state index contributed by atoms with van der Waals surface area (Å²) in [4.78, 5) is 28.7. The fraction of sp³-hybridized carbons (Fsp3) is 0.257. The fourth-order valence-corrected chi connectivity index (χ4v) is 6.42. The number of nitrogens with one attached hydrogen (secondary N) is 1. The zero-order valence-corrected chi connectivity index (χ0v) is 28.4. The Balaban J connectivity index is 1.71. The van der Waals surface area contributed by atoms with Crippen molar-refractivity contribution in [2.75, 3.05) is 17.4 Å². The molecule has 0 aromatic heterocycles. The van der Waals surface area contributed by atoms with Crippen LogP contribution in [0.3, 0.4) is 0 Å². The monoisotopic (exact) mass is 681 g/mol. The minimum absolute atomic E-state index is 0.0190. The number of carbonyl (C=O) groups excluding carboxylic acids is 2. The molecule has 0 aliphatic rings. The molecule has 0 aliphatic heterocycles. The van der Waals surface area contributed by atoms with Crippen molar-refractivity contribution in [1.82, 2.24) is 10.2 Å². The van der Waals surface area contributed by atoms with Crippen molar-refractivity contribution in [1.29, 1.82) is 0 Å². The Hall–Kier alpha value is -4.05. The lowest BCUT2D eigenvalue weighted by Crippen LogP contribution is -2.51. The summed E-state index contributed by atoms with van der Waals surface area (Å²) in [5.74, 6) is 0.329. The molecule has 0 bridgehead atoms. The van der Waals surface area contributed by atoms with Crippen LogP contribution >= 0.6 is 23.2 Å². The molecule has 1 N–H and O–H groups in total. The van der Waals surface area contributed by atoms with E-state index in [9.17, 15) is 18.0 Å². The van der Waals surface area contributed by atoms with Crippen molar-refractivity contribution < 1.29 is 22.7 Å². The molecule has 4 aromatic rings. The zero-order chi connectivity index (χ0) is 33.4. The van der Waals surface area contributed by atoms with E-state index in [1.807, 2.05) is 39.0 Å². The average molecular weight is 683 g/mol. The van der Waals surface area contributed by atoms with Crippen LogP contribution in [0.2, 0.25) is 10.0 Å². The van der Waals surface area contributed by atoms with Crippen LogP contribution in [0.25, 0.3) is 0 Å². The normalized spacial score (nSPS) is 12.0. The van der Waals surface area contributed by atoms with E-state index >= 15 is 0 Å². The molecule has 8 nitrogen and oxygen atoms in total. The molecule has 0 fully saturated rings. The number of hydrogen-bond donors (Lipinski definition) is 1. The van der Waals surface area contributed by atoms with Gasteiger partial charge in [-0.05, 0) is 86.0 Å². The van der Waals surface area contributed by atoms with Crippen molar-refractivity contribution in [3.63, 3.8) is 0 Å². The summed E-state index contributed by atoms with van der Waals surface area (Å²) in [6.07, 6.45) is 0. The van der Waals surface area contributed by atoms with Crippen molar-refractivity contribution in [3.8, 4) is 11.5 Å². The van der Waals surface area contributed by atoms with Gasteiger partial charge in [-0.25, -0.2) is 8.42 Å². The highest BCUT2D eigenvalue weighted by Gasteiger charge is 2.33. The van der Waals surface area contributed by atoms with Gasteiger partial charge in [0.15, 0.2) is 0 Å². The summed E-state index contributed by atoms with van der Waals surface area (Å²) in [7, 11) is -4.22. The number of anilines is 1. The molecule has 11 heteroatoms. The minimum atomic E-state index is -4.22. The number of para-hydroxylation sites is 1. The Kier molecular flexibility index (Phi) is 11.7. The lowest BCUT2D eigenvalue weighted by Gasteiger charge is -2.32. The number of carbonyl (C=O) groups is 2. The maximum absolute atomic E-state index is 14.2. The second-order valence-corrected chi connectivity index (χ2v) is 14.0. The number of halogens is 2. The van der Waals surface area contributed by atoms with Gasteiger partial charge in [0, 0.05) is 23.1 Å². The Morgan fingerprint density at radius 1 is 0.848 bits per heavy atom. The molecule has 242 valence electrons. The molecule has 0 saturated heterocycles. The van der Waals surface area contributed by atoms with Crippen molar-refractivity contribution in [3.05, 3.63) is 118 Å². The summed E-state index contributed by atoms with van der Waals surface area (Å²) < 4.78 is 35.2. The molecule has 0 radical (unpaired) electrons. The quantitative estimate of drug-likeness (QED) is 0.158. The molecule has 0 saturated carbocycles. The maximum Gasteiger partial charge on any atom is 0.264 e. The van der Waals surface area contributed by atoms with Crippen LogP contribution in [0.1, 0.15) is 31.9 Å². The highest BCUT2D eigenvalue weighted by Crippen LogP contribution is 2.29. The van der Waals surface area contributed by atoms with Gasteiger partial charge in [0.1, 0.15) is 24.1 Å². The molecule has 1 unspecified atom stereocenters. The van der Waals surface area contributed by atoms with Crippen LogP contribution < -0.4 is 14.4 Å². The number of hydrogen-bond acceptors (Lipinski definition) is 5. The van der Waals surface area contributed by atoms with Crippen LogP contribution in [0.5, 0.6) is 11.5 Å². The van der Waals surface area contributed by atoms with E-state index in [-0.39, 0.29) is 29.0 Å². The number of benzene rings is 4. The summed E-state index contributed by atoms with van der Waals surface area (Å²) in [5.41, 5.74) is 1.69. The van der Waals surface area contributed by atoms with Crippen LogP contribution in [0.4, 0.5) is 5.69 Å². The van der Waals surface area contributed by atoms with Crippen LogP contribution in [-0.2, 0) is 26.2 Å². The van der Waals surface area contributed by atoms with Gasteiger partial charge in [-0.1, -0.05) is 79.0 Å². The SMILES string of the molecule is Cc1ccc(S(=O)(=O)N(CC(=O)N(Cc2ccc(Cl)cc2Cl)C(C)C(=O)NCC(C)C)c2ccc(Oc3ccccc3)cc2)cc1. The predicted molar refractivity (Wildman–Crippen MR) is 183 cm³/mol. The molecular weight excluding hydrogens is 645 g/mol. The fourth-order valence-electron chi connectivity index (χ4n) is 4.54. The first-order valence-electron chi connectivity index (χ1n) is 14.8. The van der Waals surface area contributed by atoms with Gasteiger partial charge in [-0.15, -0.1) is 0 Å². The lowest BCUT2D eigenvalue weighted by molar-refractivity contribution is -0.139. The van der Waals surface area contributed by atoms with Gasteiger partial charge in [0.05, 0.1) is 10.6 Å². The molecule has 46 heavy (non-hydrogen) atoms. The summed E-state index contributed by atoms with van der Waals surface area (Å²) >= 11 is 12.6. The largest absolute Gasteiger partial charge is 0.457 e. The Bertz CT molecular complexity index is 1750. The Labute approximate surface area is 280 Å². The minimum Gasteiger partial charge on any atom is -0.457 e. The standard InChI is InChI=1S/C35H37Cl2N3O5S/c1-24(2)21-38-35(42)26(4)39(22-27-12-13-28(36)20-33(27)37)34(41)23-40(46(43,44)32-18-10-25(3)11-19-32)29-14-16-31(17-15-29)45-30-8-6-5-7-9-30/h5-20,24,26H,21-23H2,1-4H3,(H,38,42). The van der Waals surface area contributed by atoms with E-state index in [1.54, 1.807) is 73.7 Å². The van der Waals surface area contributed by atoms with Gasteiger partial charge in [-0.2, -0.15) is 0 Å². The van der Waals surface area contributed by atoms with Crippen LogP contribution in [0, 0.1) is 12.8 Å². The average Bonchev–Trinajstić information content (AvgIpc) is 3.03. The molecule has 2 amide bonds. The van der Waals surface area contributed by atoms with Gasteiger partial charge >= 0.3 is 0 Å². The van der Waals surface area contributed by atoms with E-state index in [4.69, 9.17) is 27.9 Å². The third-order valence-electron chi connectivity index (χ3n) is 7.20. The third kappa shape index (κ3) is 9.02. The molecular formula is C35H37Cl2N3O5S. The van der Waals surface area contributed by atoms with Crippen molar-refractivity contribution in [2.24, 2.45) is 5.92 Å². The van der Waals surface area contributed by atoms with Gasteiger partial charge < -0.3 is 15.0 Å². The van der Waals surface area contributed by atoms with Gasteiger partial charge in [0.25, 0.3) is 10.0 Å². The molecule has 1 atom stereocenters. The molecule has 0 heterocycles. The summed E-state index contributed by atoms with van der Waals surface area (Å²) in [5, 5.41) is 3.61. The number of ether oxygens (including phenoxy) is 1. The Morgan fingerprint density at radius 2 is 1.48 bits per heavy atom. The maximum atomic E-state index is 14.2. The second kappa shape index (κ2) is 15.5. The van der Waals surface area contributed by atoms with E-state index in [1.165, 1.54) is 17.0 Å². The molecule has 4 aromatic carbocycles. The van der Waals surface area contributed by atoms with E-state index < -0.39 is 28.5 Å². The Morgan fingerprint density at radius 3 is 2.09 bits per heavy atom. The first-order chi connectivity index (χ1) is 21.8. The zero-order valence-electron chi connectivity index (χ0n) is 26.1. The third-order valence-corrected chi connectivity index (χ3v) is 9.57. The highest BCUT2D eigenvalue weighted by molar-refractivity contribution is 7.92. The second-order valence-electron chi connectivity index (χ2n) is 11.3. The smallest absolute Gasteiger partial charge is 0.264 e. The lowest BCUT2D eigenvalue weighted by atomic mass is 10.1. The number of amides is 2. The van der Waals surface area contributed by atoms with E-state index in [0.717, 1.165) is 9.87 Å². The van der Waals surface area contributed by atoms with Crippen molar-refractivity contribution in [2.45, 2.75) is 45.2 Å². The number of sulfonamides is 1. The summed E-state index contributed by atoms with van der Waals surface area (Å²) in [6, 6.07) is 25.9. The van der Waals surface area contributed by atoms with Crippen LogP contribution in [0.15, 0.2) is 102 Å². The molecule has 0 aliphatic carbocycles. The predicted octanol–water partition coefficient (Wildman–Crippen LogP) is 7.48. The molecule has 4 rings (SSSR count). The molecule has 0 spiro atoms. The number of aryl methyl sites for hydroxylation is 1.